The lowest BCUT2D eigenvalue weighted by Gasteiger charge is -2.11. The van der Waals surface area contributed by atoms with Crippen LogP contribution < -0.4 is 5.01 Å². The summed E-state index contributed by atoms with van der Waals surface area (Å²) in [5.41, 5.74) is 0.775. The second-order valence-electron chi connectivity index (χ2n) is 1.75. The molecule has 0 saturated heterocycles. The van der Waals surface area contributed by atoms with Crippen molar-refractivity contribution in [2.75, 3.05) is 7.05 Å². The molecule has 1 atom stereocenters. The van der Waals surface area contributed by atoms with Gasteiger partial charge in [-0.3, -0.25) is 0 Å². The van der Waals surface area contributed by atoms with E-state index in [0.29, 0.717) is 5.01 Å². The first-order valence-corrected chi connectivity index (χ1v) is 2.61. The van der Waals surface area contributed by atoms with Crippen LogP contribution >= 0.6 is 0 Å². The van der Waals surface area contributed by atoms with E-state index in [1.54, 1.807) is 19.4 Å². The number of rotatable bonds is 1. The average Bonchev–Trinajstić information content (AvgIpc) is 1.90. The van der Waals surface area contributed by atoms with E-state index in [4.69, 9.17) is 5.84 Å². The monoisotopic (exact) mass is 124 g/mol. The predicted octanol–water partition coefficient (Wildman–Crippen LogP) is -0.410. The molecule has 0 aromatic carbocycles. The van der Waals surface area contributed by atoms with E-state index in [9.17, 15) is 0 Å². The quantitative estimate of drug-likeness (QED) is 0.517. The van der Waals surface area contributed by atoms with Gasteiger partial charge in [0.1, 0.15) is 6.33 Å². The van der Waals surface area contributed by atoms with Gasteiger partial charge in [0.15, 0.2) is 5.69 Å². The first kappa shape index (κ1) is 6.12. The maximum absolute atomic E-state index is 7.16. The second-order valence-corrected chi connectivity index (χ2v) is 1.75. The number of hydrogen-bond donors (Lipinski definition) is 1. The molecule has 0 saturated carbocycles. The maximum Gasteiger partial charge on any atom is 0.158 e. The maximum atomic E-state index is 7.16. The van der Waals surface area contributed by atoms with Crippen molar-refractivity contribution in [2.24, 2.45) is 0 Å². The molecule has 9 heavy (non-hydrogen) atoms. The molecule has 0 fully saturated rings. The Morgan fingerprint density at radius 1 is 1.44 bits per heavy atom. The molecule has 1 aromatic rings. The summed E-state index contributed by atoms with van der Waals surface area (Å²) in [5.74, 6) is 7.16. The van der Waals surface area contributed by atoms with E-state index < -0.39 is 0 Å². The summed E-state index contributed by atoms with van der Waals surface area (Å²) in [7, 11) is 1.71. The smallest absolute Gasteiger partial charge is 0.158 e. The van der Waals surface area contributed by atoms with Gasteiger partial charge in [-0.2, -0.15) is 0 Å². The molecular weight excluding hydrogens is 116 g/mol. The van der Waals surface area contributed by atoms with Gasteiger partial charge in [0.05, 0.1) is 19.4 Å². The molecule has 2 N–H and O–H groups in total. The van der Waals surface area contributed by atoms with E-state index in [1.165, 1.54) is 6.33 Å². The Balaban J connectivity index is 2.85. The third kappa shape index (κ3) is 1.45. The van der Waals surface area contributed by atoms with E-state index in [0.717, 1.165) is 5.69 Å². The van der Waals surface area contributed by atoms with E-state index in [-0.39, 0.29) is 0 Å². The topological polar surface area (TPSA) is 54.0 Å². The number of nitrogens with zero attached hydrogens (tertiary/aromatic N) is 2. The Hall–Kier alpha value is -1.00. The minimum atomic E-state index is 0.496. The summed E-state index contributed by atoms with van der Waals surface area (Å²) in [4.78, 5) is 7.51. The van der Waals surface area contributed by atoms with Gasteiger partial charge in [-0.15, -0.1) is 0 Å². The van der Waals surface area contributed by atoms with Crippen molar-refractivity contribution in [3.63, 3.8) is 0 Å². The SMILES string of the molecule is C[NH+]([NH-])c1cncnc1. The molecule has 1 unspecified atom stereocenters. The third-order valence-corrected chi connectivity index (χ3v) is 0.994. The molecule has 0 aliphatic heterocycles. The van der Waals surface area contributed by atoms with Crippen molar-refractivity contribution in [1.29, 1.82) is 0 Å². The number of nitrogens with one attached hydrogen (secondary N) is 2. The minimum Gasteiger partial charge on any atom is -0.464 e. The molecule has 1 heterocycles. The molecule has 0 aliphatic carbocycles. The van der Waals surface area contributed by atoms with E-state index in [2.05, 4.69) is 9.97 Å². The van der Waals surface area contributed by atoms with Crippen LogP contribution in [0.2, 0.25) is 0 Å². The van der Waals surface area contributed by atoms with Crippen molar-refractivity contribution >= 4 is 5.69 Å². The standard InChI is InChI=1S/C5H8N4/c1-9(6)5-2-7-4-8-3-5/h2-4,6,9H,1H3. The fourth-order valence-electron chi connectivity index (χ4n) is 0.493. The first-order valence-electron chi connectivity index (χ1n) is 2.61. The molecule has 4 heteroatoms. The van der Waals surface area contributed by atoms with Crippen LogP contribution in [0.5, 0.6) is 0 Å². The van der Waals surface area contributed by atoms with Crippen LogP contribution in [0, 0.1) is 0 Å². The lowest BCUT2D eigenvalue weighted by Crippen LogP contribution is -2.96. The summed E-state index contributed by atoms with van der Waals surface area (Å²) < 4.78 is 0. The Morgan fingerprint density at radius 2 is 2.00 bits per heavy atom. The number of quaternary nitrogens is 1. The summed E-state index contributed by atoms with van der Waals surface area (Å²) in [5, 5.41) is 0.496. The lowest BCUT2D eigenvalue weighted by molar-refractivity contribution is -0.752. The van der Waals surface area contributed by atoms with Gasteiger partial charge < -0.3 is 10.9 Å². The van der Waals surface area contributed by atoms with Crippen LogP contribution in [0.3, 0.4) is 0 Å². The Bertz CT molecular complexity index is 172. The van der Waals surface area contributed by atoms with Crippen LogP contribution in [-0.4, -0.2) is 17.0 Å². The zero-order chi connectivity index (χ0) is 6.69. The molecule has 1 rings (SSSR count). The van der Waals surface area contributed by atoms with E-state index >= 15 is 0 Å². The summed E-state index contributed by atoms with van der Waals surface area (Å²) >= 11 is 0. The normalized spacial score (nSPS) is 13.1. The molecule has 0 amide bonds. The fraction of sp³-hybridized carbons (Fsp3) is 0.200. The molecule has 48 valence electrons. The van der Waals surface area contributed by atoms with Crippen molar-refractivity contribution in [3.8, 4) is 0 Å². The highest BCUT2D eigenvalue weighted by molar-refractivity contribution is 5.18. The van der Waals surface area contributed by atoms with Crippen molar-refractivity contribution in [2.45, 2.75) is 0 Å². The van der Waals surface area contributed by atoms with Gasteiger partial charge in [-0.25, -0.2) is 9.97 Å². The fourth-order valence-corrected chi connectivity index (χ4v) is 0.493. The zero-order valence-electron chi connectivity index (χ0n) is 5.13. The number of aromatic nitrogens is 2. The predicted molar refractivity (Wildman–Crippen MR) is 32.9 cm³/mol. The molecule has 4 nitrogen and oxygen atoms in total. The Morgan fingerprint density at radius 3 is 2.33 bits per heavy atom. The van der Waals surface area contributed by atoms with Gasteiger partial charge in [0.25, 0.3) is 0 Å². The van der Waals surface area contributed by atoms with Gasteiger partial charge in [-0.1, -0.05) is 0 Å². The summed E-state index contributed by atoms with van der Waals surface area (Å²) in [6.07, 6.45) is 4.69. The second kappa shape index (κ2) is 2.52. The van der Waals surface area contributed by atoms with Gasteiger partial charge in [0, 0.05) is 0 Å². The van der Waals surface area contributed by atoms with Crippen molar-refractivity contribution in [1.82, 2.24) is 9.97 Å². The van der Waals surface area contributed by atoms with Crippen LogP contribution in [0.25, 0.3) is 5.84 Å². The first-order chi connectivity index (χ1) is 4.30. The molecule has 0 bridgehead atoms. The Kier molecular flexibility index (Phi) is 1.72. The van der Waals surface area contributed by atoms with Crippen LogP contribution in [0.4, 0.5) is 5.69 Å². The average molecular weight is 124 g/mol. The number of hydrogen-bond acceptors (Lipinski definition) is 2. The molecule has 1 aromatic heterocycles. The summed E-state index contributed by atoms with van der Waals surface area (Å²) in [6.45, 7) is 0. The highest BCUT2D eigenvalue weighted by Crippen LogP contribution is 1.89. The van der Waals surface area contributed by atoms with Crippen LogP contribution in [0.15, 0.2) is 18.7 Å². The van der Waals surface area contributed by atoms with Gasteiger partial charge >= 0.3 is 0 Å². The third-order valence-electron chi connectivity index (χ3n) is 0.994. The molecule has 0 radical (unpaired) electrons. The largest absolute Gasteiger partial charge is 0.464 e. The van der Waals surface area contributed by atoms with Crippen LogP contribution in [-0.2, 0) is 0 Å². The molecule has 0 aliphatic rings. The zero-order valence-corrected chi connectivity index (χ0v) is 5.13. The lowest BCUT2D eigenvalue weighted by atomic mass is 10.5. The summed E-state index contributed by atoms with van der Waals surface area (Å²) in [6, 6.07) is 0. The Labute approximate surface area is 53.3 Å². The molecular formula is C5H8N4. The van der Waals surface area contributed by atoms with Crippen LogP contribution in [0.1, 0.15) is 0 Å². The van der Waals surface area contributed by atoms with Gasteiger partial charge in [-0.05, 0) is 0 Å². The highest BCUT2D eigenvalue weighted by Gasteiger charge is 1.91. The van der Waals surface area contributed by atoms with Crippen molar-refractivity contribution in [3.05, 3.63) is 24.6 Å². The highest BCUT2D eigenvalue weighted by atomic mass is 15.4. The van der Waals surface area contributed by atoms with Crippen molar-refractivity contribution < 1.29 is 5.01 Å². The minimum absolute atomic E-state index is 0.496. The molecule has 0 spiro atoms. The van der Waals surface area contributed by atoms with E-state index in [1.807, 2.05) is 0 Å². The van der Waals surface area contributed by atoms with Gasteiger partial charge in [0.2, 0.25) is 0 Å².